The van der Waals surface area contributed by atoms with Crippen molar-refractivity contribution in [2.24, 2.45) is 0 Å². The van der Waals surface area contributed by atoms with Gasteiger partial charge in [0.25, 0.3) is 0 Å². The van der Waals surface area contributed by atoms with Crippen LogP contribution >= 0.6 is 34.2 Å². The van der Waals surface area contributed by atoms with Crippen molar-refractivity contribution in [3.63, 3.8) is 0 Å². The van der Waals surface area contributed by atoms with Crippen LogP contribution in [0.5, 0.6) is 0 Å². The second-order valence-electron chi connectivity index (χ2n) is 2.97. The van der Waals surface area contributed by atoms with Crippen molar-refractivity contribution >= 4 is 45.8 Å². The maximum absolute atomic E-state index is 11.3. The zero-order chi connectivity index (χ0) is 10.6. The minimum atomic E-state index is -0.0400. The smallest absolute Gasteiger partial charge is 0.225 e. The molecule has 1 N–H and O–H groups in total. The SMILES string of the molecule is Cc1ccc(NC(=O)CCCl)c(I)c1. The zero-order valence-electron chi connectivity index (χ0n) is 7.81. The summed E-state index contributed by atoms with van der Waals surface area (Å²) in [5.41, 5.74) is 2.04. The van der Waals surface area contributed by atoms with Gasteiger partial charge in [-0.2, -0.15) is 0 Å². The second-order valence-corrected chi connectivity index (χ2v) is 4.51. The molecule has 0 bridgehead atoms. The van der Waals surface area contributed by atoms with Gasteiger partial charge in [0, 0.05) is 15.9 Å². The van der Waals surface area contributed by atoms with Crippen LogP contribution in [0.25, 0.3) is 0 Å². The molecule has 0 saturated carbocycles. The standard InChI is InChI=1S/C10H11ClINO/c1-7-2-3-9(8(12)6-7)13-10(14)4-5-11/h2-3,6H,4-5H2,1H3,(H,13,14). The number of hydrogen-bond donors (Lipinski definition) is 1. The molecular formula is C10H11ClINO. The maximum Gasteiger partial charge on any atom is 0.225 e. The van der Waals surface area contributed by atoms with Crippen molar-refractivity contribution < 1.29 is 4.79 Å². The van der Waals surface area contributed by atoms with Gasteiger partial charge in [0.05, 0.1) is 5.69 Å². The Morgan fingerprint density at radius 2 is 2.29 bits per heavy atom. The van der Waals surface area contributed by atoms with Crippen LogP contribution < -0.4 is 5.32 Å². The molecule has 1 amide bonds. The fourth-order valence-corrected chi connectivity index (χ4v) is 2.00. The molecule has 1 aromatic carbocycles. The molecule has 0 saturated heterocycles. The van der Waals surface area contributed by atoms with E-state index in [0.29, 0.717) is 12.3 Å². The van der Waals surface area contributed by atoms with Gasteiger partial charge in [-0.25, -0.2) is 0 Å². The topological polar surface area (TPSA) is 29.1 Å². The summed E-state index contributed by atoms with van der Waals surface area (Å²) in [6.45, 7) is 2.02. The van der Waals surface area contributed by atoms with Gasteiger partial charge in [-0.1, -0.05) is 6.07 Å². The van der Waals surface area contributed by atoms with Gasteiger partial charge >= 0.3 is 0 Å². The number of carbonyl (C=O) groups excluding carboxylic acids is 1. The number of halogens is 2. The predicted octanol–water partition coefficient (Wildman–Crippen LogP) is 3.17. The predicted molar refractivity (Wildman–Crippen MR) is 67.9 cm³/mol. The second kappa shape index (κ2) is 5.56. The van der Waals surface area contributed by atoms with Gasteiger partial charge in [-0.15, -0.1) is 11.6 Å². The molecule has 0 heterocycles. The minimum Gasteiger partial charge on any atom is -0.325 e. The number of carbonyl (C=O) groups is 1. The van der Waals surface area contributed by atoms with Crippen LogP contribution in [0, 0.1) is 10.5 Å². The first kappa shape index (κ1) is 11.8. The van der Waals surface area contributed by atoms with Crippen LogP contribution in [0.4, 0.5) is 5.69 Å². The summed E-state index contributed by atoms with van der Waals surface area (Å²) in [4.78, 5) is 11.3. The molecule has 0 fully saturated rings. The Hall–Kier alpha value is -0.290. The average Bonchev–Trinajstić information content (AvgIpc) is 2.10. The Kier molecular flexibility index (Phi) is 4.68. The summed E-state index contributed by atoms with van der Waals surface area (Å²) in [5.74, 6) is 0.315. The van der Waals surface area contributed by atoms with E-state index in [1.54, 1.807) is 0 Å². The molecular weight excluding hydrogens is 312 g/mol. The third kappa shape index (κ3) is 3.46. The number of alkyl halides is 1. The van der Waals surface area contributed by atoms with Crippen molar-refractivity contribution in [1.29, 1.82) is 0 Å². The third-order valence-electron chi connectivity index (χ3n) is 1.72. The molecule has 0 aromatic heterocycles. The molecule has 4 heteroatoms. The first-order valence-electron chi connectivity index (χ1n) is 4.25. The normalized spacial score (nSPS) is 9.93. The lowest BCUT2D eigenvalue weighted by Crippen LogP contribution is -2.12. The van der Waals surface area contributed by atoms with Gasteiger partial charge in [0.2, 0.25) is 5.91 Å². The van der Waals surface area contributed by atoms with Crippen LogP contribution in [0.1, 0.15) is 12.0 Å². The number of benzene rings is 1. The lowest BCUT2D eigenvalue weighted by Gasteiger charge is -2.06. The highest BCUT2D eigenvalue weighted by Gasteiger charge is 2.04. The number of nitrogens with one attached hydrogen (secondary N) is 1. The molecule has 0 radical (unpaired) electrons. The van der Waals surface area contributed by atoms with E-state index >= 15 is 0 Å². The summed E-state index contributed by atoms with van der Waals surface area (Å²) in [7, 11) is 0. The number of aryl methyl sites for hydroxylation is 1. The summed E-state index contributed by atoms with van der Waals surface area (Å²) >= 11 is 7.66. The van der Waals surface area contributed by atoms with E-state index in [1.807, 2.05) is 25.1 Å². The molecule has 0 atom stereocenters. The molecule has 1 rings (SSSR count). The van der Waals surface area contributed by atoms with Crippen LogP contribution in [0.15, 0.2) is 18.2 Å². The van der Waals surface area contributed by atoms with E-state index in [4.69, 9.17) is 11.6 Å². The molecule has 1 aromatic rings. The highest BCUT2D eigenvalue weighted by Crippen LogP contribution is 2.19. The van der Waals surface area contributed by atoms with E-state index in [-0.39, 0.29) is 5.91 Å². The highest BCUT2D eigenvalue weighted by molar-refractivity contribution is 14.1. The quantitative estimate of drug-likeness (QED) is 0.672. The number of anilines is 1. The number of hydrogen-bond acceptors (Lipinski definition) is 1. The minimum absolute atomic E-state index is 0.0400. The fraction of sp³-hybridized carbons (Fsp3) is 0.300. The highest BCUT2D eigenvalue weighted by atomic mass is 127. The monoisotopic (exact) mass is 323 g/mol. The summed E-state index contributed by atoms with van der Waals surface area (Å²) in [6.07, 6.45) is 0.353. The average molecular weight is 324 g/mol. The molecule has 0 spiro atoms. The molecule has 2 nitrogen and oxygen atoms in total. The van der Waals surface area contributed by atoms with E-state index in [1.165, 1.54) is 5.56 Å². The number of amides is 1. The van der Waals surface area contributed by atoms with E-state index in [9.17, 15) is 4.79 Å². The Bertz CT molecular complexity index is 341. The van der Waals surface area contributed by atoms with Crippen LogP contribution in [-0.2, 0) is 4.79 Å². The molecule has 0 unspecified atom stereocenters. The van der Waals surface area contributed by atoms with Gasteiger partial charge in [-0.05, 0) is 47.2 Å². The van der Waals surface area contributed by atoms with Gasteiger partial charge in [-0.3, -0.25) is 4.79 Å². The van der Waals surface area contributed by atoms with Crippen LogP contribution in [0.3, 0.4) is 0 Å². The largest absolute Gasteiger partial charge is 0.325 e. The summed E-state index contributed by atoms with van der Waals surface area (Å²) < 4.78 is 1.05. The van der Waals surface area contributed by atoms with Crippen molar-refractivity contribution in [2.75, 3.05) is 11.2 Å². The Balaban J connectivity index is 2.72. The van der Waals surface area contributed by atoms with Crippen molar-refractivity contribution in [2.45, 2.75) is 13.3 Å². The Labute approximate surface area is 102 Å². The van der Waals surface area contributed by atoms with E-state index in [0.717, 1.165) is 9.26 Å². The first-order chi connectivity index (χ1) is 6.63. The summed E-state index contributed by atoms with van der Waals surface area (Å²) in [6, 6.07) is 5.90. The van der Waals surface area contributed by atoms with Gasteiger partial charge < -0.3 is 5.32 Å². The molecule has 0 aliphatic heterocycles. The molecule has 14 heavy (non-hydrogen) atoms. The van der Waals surface area contributed by atoms with Crippen LogP contribution in [-0.4, -0.2) is 11.8 Å². The lowest BCUT2D eigenvalue weighted by atomic mass is 10.2. The molecule has 76 valence electrons. The fourth-order valence-electron chi connectivity index (χ4n) is 1.02. The lowest BCUT2D eigenvalue weighted by molar-refractivity contribution is -0.115. The maximum atomic E-state index is 11.3. The van der Waals surface area contributed by atoms with Crippen molar-refractivity contribution in [1.82, 2.24) is 0 Å². The van der Waals surface area contributed by atoms with Crippen molar-refractivity contribution in [3.05, 3.63) is 27.3 Å². The van der Waals surface area contributed by atoms with E-state index in [2.05, 4.69) is 27.9 Å². The van der Waals surface area contributed by atoms with E-state index < -0.39 is 0 Å². The van der Waals surface area contributed by atoms with Gasteiger partial charge in [0.15, 0.2) is 0 Å². The van der Waals surface area contributed by atoms with Gasteiger partial charge in [0.1, 0.15) is 0 Å². The molecule has 0 aliphatic carbocycles. The Morgan fingerprint density at radius 1 is 1.57 bits per heavy atom. The van der Waals surface area contributed by atoms with Crippen molar-refractivity contribution in [3.8, 4) is 0 Å². The zero-order valence-corrected chi connectivity index (χ0v) is 10.7. The molecule has 0 aliphatic rings. The third-order valence-corrected chi connectivity index (χ3v) is 2.80. The Morgan fingerprint density at radius 3 is 2.86 bits per heavy atom. The first-order valence-corrected chi connectivity index (χ1v) is 5.87. The van der Waals surface area contributed by atoms with Crippen LogP contribution in [0.2, 0.25) is 0 Å². The number of rotatable bonds is 3. The summed E-state index contributed by atoms with van der Waals surface area (Å²) in [5, 5.41) is 2.81.